The SMILES string of the molecule is CC/C=C\C/C=C\C/C=C\C/C=C\C/C=C\CCCCCCCC(=O)OCC(COC(=O)CCCCCCCCCCCCCCCCCCCCC)OC(=O)CCCCCCC/C=C\C/C=C\C/C=C\C/C=C\C/C=C\CC. The van der Waals surface area contributed by atoms with E-state index in [0.717, 1.165) is 161 Å². The maximum atomic E-state index is 12.9. The Morgan fingerprint density at radius 3 is 0.772 bits per heavy atom. The molecule has 0 aromatic rings. The predicted molar refractivity (Wildman–Crippen MR) is 343 cm³/mol. The largest absolute Gasteiger partial charge is 0.462 e. The molecule has 6 heteroatoms. The Balaban J connectivity index is 4.47. The highest BCUT2D eigenvalue weighted by atomic mass is 16.6. The molecule has 1 atom stereocenters. The average molecular weight is 1100 g/mol. The van der Waals surface area contributed by atoms with Crippen LogP contribution in [0.4, 0.5) is 0 Å². The van der Waals surface area contributed by atoms with Crippen molar-refractivity contribution in [3.05, 3.63) is 122 Å². The standard InChI is InChI=1S/C73H122O6/c1-4-7-10-13-16-19-22-25-28-31-34-36-39-42-45-48-51-54-57-60-63-66-72(75)78-69-70(68-77-71(74)65-62-59-56-53-50-47-44-41-38-33-30-27-24-21-18-15-12-9-6-3)79-73(76)67-64-61-58-55-52-49-46-43-40-37-35-32-29-26-23-20-17-14-11-8-5-2/h7-8,10-11,16-17,19-20,25-26,28-29,34-37,42-43,45-46,70H,4-6,9,12-15,18,21-24,27,30-33,38-41,44,47-69H2,1-3H3/b10-7-,11-8-,19-16-,20-17-,28-25-,29-26-,36-34-,37-35-,45-42-,46-43-. The van der Waals surface area contributed by atoms with Crippen LogP contribution in [-0.2, 0) is 28.6 Å². The second kappa shape index (κ2) is 66.3. The van der Waals surface area contributed by atoms with Gasteiger partial charge in [0.2, 0.25) is 0 Å². The topological polar surface area (TPSA) is 78.9 Å². The van der Waals surface area contributed by atoms with Gasteiger partial charge in [0.05, 0.1) is 0 Å². The van der Waals surface area contributed by atoms with Crippen LogP contribution in [0, 0.1) is 0 Å². The smallest absolute Gasteiger partial charge is 0.306 e. The molecule has 0 saturated carbocycles. The van der Waals surface area contributed by atoms with Crippen LogP contribution < -0.4 is 0 Å². The van der Waals surface area contributed by atoms with E-state index < -0.39 is 6.10 Å². The van der Waals surface area contributed by atoms with Gasteiger partial charge in [-0.15, -0.1) is 0 Å². The molecule has 0 aliphatic rings. The molecule has 0 rings (SSSR count). The quantitative estimate of drug-likeness (QED) is 0.0261. The summed E-state index contributed by atoms with van der Waals surface area (Å²) in [6.07, 6.45) is 92.0. The molecule has 0 saturated heterocycles. The Morgan fingerprint density at radius 2 is 0.494 bits per heavy atom. The molecule has 6 nitrogen and oxygen atoms in total. The Hall–Kier alpha value is -4.19. The van der Waals surface area contributed by atoms with Crippen LogP contribution in [0.2, 0.25) is 0 Å². The monoisotopic (exact) mass is 1090 g/mol. The first kappa shape index (κ1) is 74.8. The Bertz CT molecular complexity index is 1640. The van der Waals surface area contributed by atoms with Gasteiger partial charge in [-0.05, 0) is 109 Å². The highest BCUT2D eigenvalue weighted by Crippen LogP contribution is 2.16. The number of hydrogen-bond donors (Lipinski definition) is 0. The lowest BCUT2D eigenvalue weighted by molar-refractivity contribution is -0.167. The molecule has 0 heterocycles. The minimum atomic E-state index is -0.801. The van der Waals surface area contributed by atoms with Gasteiger partial charge >= 0.3 is 17.9 Å². The normalized spacial score (nSPS) is 12.9. The maximum absolute atomic E-state index is 12.9. The first-order valence-corrected chi connectivity index (χ1v) is 33.0. The van der Waals surface area contributed by atoms with E-state index in [1.165, 1.54) is 103 Å². The van der Waals surface area contributed by atoms with Gasteiger partial charge in [0.15, 0.2) is 6.10 Å². The second-order valence-electron chi connectivity index (χ2n) is 21.6. The molecule has 0 spiro atoms. The van der Waals surface area contributed by atoms with Gasteiger partial charge in [-0.1, -0.05) is 296 Å². The van der Waals surface area contributed by atoms with Crippen LogP contribution in [0.15, 0.2) is 122 Å². The van der Waals surface area contributed by atoms with E-state index in [9.17, 15) is 14.4 Å². The van der Waals surface area contributed by atoms with Crippen molar-refractivity contribution in [2.75, 3.05) is 13.2 Å². The lowest BCUT2D eigenvalue weighted by Gasteiger charge is -2.18. The van der Waals surface area contributed by atoms with Crippen molar-refractivity contribution >= 4 is 17.9 Å². The molecule has 0 radical (unpaired) electrons. The summed E-state index contributed by atoms with van der Waals surface area (Å²) >= 11 is 0. The summed E-state index contributed by atoms with van der Waals surface area (Å²) in [4.78, 5) is 38.4. The zero-order chi connectivity index (χ0) is 57.1. The summed E-state index contributed by atoms with van der Waals surface area (Å²) in [5.41, 5.74) is 0. The molecule has 450 valence electrons. The third-order valence-electron chi connectivity index (χ3n) is 14.0. The van der Waals surface area contributed by atoms with E-state index in [1.807, 2.05) is 0 Å². The fourth-order valence-corrected chi connectivity index (χ4v) is 9.09. The molecular formula is C73H122O6. The van der Waals surface area contributed by atoms with Gasteiger partial charge in [-0.2, -0.15) is 0 Å². The van der Waals surface area contributed by atoms with Crippen LogP contribution in [0.3, 0.4) is 0 Å². The number of esters is 3. The second-order valence-corrected chi connectivity index (χ2v) is 21.6. The van der Waals surface area contributed by atoms with Crippen molar-refractivity contribution in [2.24, 2.45) is 0 Å². The van der Waals surface area contributed by atoms with Gasteiger partial charge in [-0.25, -0.2) is 0 Å². The molecular weight excluding hydrogens is 973 g/mol. The molecule has 0 fully saturated rings. The first-order valence-electron chi connectivity index (χ1n) is 33.0. The van der Waals surface area contributed by atoms with Crippen molar-refractivity contribution < 1.29 is 28.6 Å². The molecule has 0 amide bonds. The Kier molecular flexibility index (Phi) is 62.8. The van der Waals surface area contributed by atoms with Crippen molar-refractivity contribution in [1.29, 1.82) is 0 Å². The maximum Gasteiger partial charge on any atom is 0.306 e. The zero-order valence-electron chi connectivity index (χ0n) is 51.6. The zero-order valence-corrected chi connectivity index (χ0v) is 51.6. The van der Waals surface area contributed by atoms with Gasteiger partial charge in [-0.3, -0.25) is 14.4 Å². The number of hydrogen-bond acceptors (Lipinski definition) is 6. The van der Waals surface area contributed by atoms with E-state index in [2.05, 4.69) is 142 Å². The Morgan fingerprint density at radius 1 is 0.266 bits per heavy atom. The molecule has 0 aromatic carbocycles. The van der Waals surface area contributed by atoms with E-state index in [0.29, 0.717) is 19.3 Å². The van der Waals surface area contributed by atoms with Gasteiger partial charge < -0.3 is 14.2 Å². The summed E-state index contributed by atoms with van der Waals surface area (Å²) in [6.45, 7) is 6.41. The van der Waals surface area contributed by atoms with E-state index in [4.69, 9.17) is 14.2 Å². The van der Waals surface area contributed by atoms with Crippen LogP contribution >= 0.6 is 0 Å². The molecule has 0 aliphatic heterocycles. The van der Waals surface area contributed by atoms with Gasteiger partial charge in [0.1, 0.15) is 13.2 Å². The number of ether oxygens (including phenoxy) is 3. The predicted octanol–water partition coefficient (Wildman–Crippen LogP) is 22.8. The van der Waals surface area contributed by atoms with Crippen LogP contribution in [0.1, 0.15) is 303 Å². The van der Waals surface area contributed by atoms with Gasteiger partial charge in [0.25, 0.3) is 0 Å². The molecule has 0 aromatic heterocycles. The third-order valence-corrected chi connectivity index (χ3v) is 14.0. The fourth-order valence-electron chi connectivity index (χ4n) is 9.09. The highest BCUT2D eigenvalue weighted by Gasteiger charge is 2.19. The van der Waals surface area contributed by atoms with Crippen molar-refractivity contribution in [3.8, 4) is 0 Å². The summed E-state index contributed by atoms with van der Waals surface area (Å²) in [5, 5.41) is 0. The molecule has 1 unspecified atom stereocenters. The first-order chi connectivity index (χ1) is 39.0. The van der Waals surface area contributed by atoms with E-state index in [1.54, 1.807) is 0 Å². The summed E-state index contributed by atoms with van der Waals surface area (Å²) in [7, 11) is 0. The summed E-state index contributed by atoms with van der Waals surface area (Å²) < 4.78 is 16.9. The van der Waals surface area contributed by atoms with E-state index >= 15 is 0 Å². The molecule has 79 heavy (non-hydrogen) atoms. The number of unbranched alkanes of at least 4 members (excludes halogenated alkanes) is 28. The number of carbonyl (C=O) groups excluding carboxylic acids is 3. The molecule has 0 bridgehead atoms. The minimum absolute atomic E-state index is 0.0926. The van der Waals surface area contributed by atoms with Crippen LogP contribution in [0.25, 0.3) is 0 Å². The minimum Gasteiger partial charge on any atom is -0.462 e. The lowest BCUT2D eigenvalue weighted by atomic mass is 10.0. The number of carbonyl (C=O) groups is 3. The third kappa shape index (κ3) is 64.5. The summed E-state index contributed by atoms with van der Waals surface area (Å²) in [6, 6.07) is 0. The average Bonchev–Trinajstić information content (AvgIpc) is 3.45. The van der Waals surface area contributed by atoms with Crippen molar-refractivity contribution in [3.63, 3.8) is 0 Å². The summed E-state index contributed by atoms with van der Waals surface area (Å²) in [5.74, 6) is -0.922. The highest BCUT2D eigenvalue weighted by molar-refractivity contribution is 5.71. The van der Waals surface area contributed by atoms with Crippen LogP contribution in [0.5, 0.6) is 0 Å². The van der Waals surface area contributed by atoms with Crippen molar-refractivity contribution in [1.82, 2.24) is 0 Å². The molecule has 0 aliphatic carbocycles. The van der Waals surface area contributed by atoms with Crippen LogP contribution in [-0.4, -0.2) is 37.2 Å². The Labute approximate surface area is 488 Å². The van der Waals surface area contributed by atoms with E-state index in [-0.39, 0.29) is 31.1 Å². The van der Waals surface area contributed by atoms with Crippen molar-refractivity contribution in [2.45, 2.75) is 309 Å². The number of allylic oxidation sites excluding steroid dienone is 20. The lowest BCUT2D eigenvalue weighted by Crippen LogP contribution is -2.30. The van der Waals surface area contributed by atoms with Gasteiger partial charge in [0, 0.05) is 19.3 Å². The number of rotatable bonds is 59. The molecule has 0 N–H and O–H groups in total. The fraction of sp³-hybridized carbons (Fsp3) is 0.685.